The van der Waals surface area contributed by atoms with Gasteiger partial charge in [-0.15, -0.1) is 0 Å². The largest absolute Gasteiger partial charge is 0.493 e. The van der Waals surface area contributed by atoms with E-state index in [9.17, 15) is 0 Å². The maximum Gasteiger partial charge on any atom is 0.122 e. The molecular formula is C18H27NO. The molecule has 20 heavy (non-hydrogen) atoms. The lowest BCUT2D eigenvalue weighted by atomic mass is 9.88. The second-order valence-corrected chi connectivity index (χ2v) is 6.30. The van der Waals surface area contributed by atoms with Crippen molar-refractivity contribution in [1.29, 1.82) is 0 Å². The molecule has 2 atom stereocenters. The van der Waals surface area contributed by atoms with Crippen molar-refractivity contribution < 1.29 is 4.74 Å². The maximum atomic E-state index is 5.76. The van der Waals surface area contributed by atoms with Crippen LogP contribution in [0.1, 0.15) is 56.9 Å². The zero-order valence-corrected chi connectivity index (χ0v) is 12.6. The van der Waals surface area contributed by atoms with E-state index in [-0.39, 0.29) is 0 Å². The lowest BCUT2D eigenvalue weighted by Gasteiger charge is -2.26. The quantitative estimate of drug-likeness (QED) is 0.807. The molecule has 0 saturated heterocycles. The summed E-state index contributed by atoms with van der Waals surface area (Å²) in [7, 11) is 0. The molecule has 0 bridgehead atoms. The van der Waals surface area contributed by atoms with Gasteiger partial charge >= 0.3 is 0 Å². The summed E-state index contributed by atoms with van der Waals surface area (Å²) in [5, 5.41) is 3.68. The molecule has 0 spiro atoms. The normalized spacial score (nSPS) is 22.9. The highest BCUT2D eigenvalue weighted by Gasteiger charge is 2.30. The van der Waals surface area contributed by atoms with E-state index in [2.05, 4.69) is 36.5 Å². The van der Waals surface area contributed by atoms with Gasteiger partial charge in [-0.2, -0.15) is 0 Å². The molecule has 1 saturated carbocycles. The Morgan fingerprint density at radius 1 is 1.25 bits per heavy atom. The molecule has 1 aliphatic heterocycles. The zero-order chi connectivity index (χ0) is 13.8. The van der Waals surface area contributed by atoms with Crippen molar-refractivity contribution in [2.45, 2.75) is 57.4 Å². The summed E-state index contributed by atoms with van der Waals surface area (Å²) < 4.78 is 5.76. The molecule has 2 unspecified atom stereocenters. The number of nitrogens with one attached hydrogen (secondary N) is 1. The third-order valence-electron chi connectivity index (χ3n) is 4.81. The van der Waals surface area contributed by atoms with Gasteiger partial charge in [0.25, 0.3) is 0 Å². The molecule has 1 aromatic carbocycles. The molecule has 2 nitrogen and oxygen atoms in total. The fourth-order valence-corrected chi connectivity index (χ4v) is 3.57. The Balaban J connectivity index is 1.51. The monoisotopic (exact) mass is 273 g/mol. The minimum Gasteiger partial charge on any atom is -0.493 e. The summed E-state index contributed by atoms with van der Waals surface area (Å²) in [6.07, 6.45) is 8.07. The Hall–Kier alpha value is -1.02. The van der Waals surface area contributed by atoms with Gasteiger partial charge < -0.3 is 10.1 Å². The van der Waals surface area contributed by atoms with Crippen molar-refractivity contribution in [3.05, 3.63) is 29.8 Å². The maximum absolute atomic E-state index is 5.76. The highest BCUT2D eigenvalue weighted by Crippen LogP contribution is 2.38. The highest BCUT2D eigenvalue weighted by atomic mass is 16.5. The molecule has 3 rings (SSSR count). The number of ether oxygens (including phenoxy) is 1. The third kappa shape index (κ3) is 3.35. The number of rotatable bonds is 7. The predicted molar refractivity (Wildman–Crippen MR) is 83.3 cm³/mol. The van der Waals surface area contributed by atoms with Gasteiger partial charge in [-0.25, -0.2) is 0 Å². The van der Waals surface area contributed by atoms with Crippen LogP contribution in [0.15, 0.2) is 24.3 Å². The van der Waals surface area contributed by atoms with Crippen molar-refractivity contribution >= 4 is 0 Å². The van der Waals surface area contributed by atoms with Gasteiger partial charge in [0.2, 0.25) is 0 Å². The number of hydrogen-bond acceptors (Lipinski definition) is 2. The molecule has 0 aromatic heterocycles. The van der Waals surface area contributed by atoms with E-state index in [0.29, 0.717) is 5.92 Å². The second kappa shape index (κ2) is 6.62. The van der Waals surface area contributed by atoms with Crippen molar-refractivity contribution in [3.8, 4) is 5.75 Å². The third-order valence-corrected chi connectivity index (χ3v) is 4.81. The summed E-state index contributed by atoms with van der Waals surface area (Å²) in [6.45, 7) is 4.23. The van der Waals surface area contributed by atoms with Crippen LogP contribution in [-0.2, 0) is 0 Å². The Kier molecular flexibility index (Phi) is 4.62. The van der Waals surface area contributed by atoms with Crippen LogP contribution < -0.4 is 10.1 Å². The lowest BCUT2D eigenvalue weighted by molar-refractivity contribution is 0.259. The van der Waals surface area contributed by atoms with E-state index in [1.165, 1.54) is 44.1 Å². The molecule has 2 heteroatoms. The first-order valence-electron chi connectivity index (χ1n) is 8.33. The Labute approximate surface area is 122 Å². The predicted octanol–water partition coefficient (Wildman–Crippen LogP) is 4.11. The first-order valence-corrected chi connectivity index (χ1v) is 8.33. The van der Waals surface area contributed by atoms with E-state index in [1.807, 2.05) is 0 Å². The molecule has 0 radical (unpaired) electrons. The van der Waals surface area contributed by atoms with Gasteiger partial charge in [-0.05, 0) is 62.1 Å². The van der Waals surface area contributed by atoms with E-state index >= 15 is 0 Å². The van der Waals surface area contributed by atoms with Gasteiger partial charge in [-0.1, -0.05) is 31.5 Å². The molecule has 0 amide bonds. The molecule has 1 aromatic rings. The first kappa shape index (κ1) is 13.9. The molecule has 1 fully saturated rings. The van der Waals surface area contributed by atoms with Crippen molar-refractivity contribution in [2.24, 2.45) is 5.92 Å². The van der Waals surface area contributed by atoms with Crippen molar-refractivity contribution in [2.75, 3.05) is 13.2 Å². The molecule has 1 N–H and O–H groups in total. The second-order valence-electron chi connectivity index (χ2n) is 6.30. The lowest BCUT2D eigenvalue weighted by Crippen LogP contribution is -2.30. The summed E-state index contributed by atoms with van der Waals surface area (Å²) in [6, 6.07) is 9.37. The number of hydrogen-bond donors (Lipinski definition) is 1. The van der Waals surface area contributed by atoms with Crippen LogP contribution in [0, 0.1) is 5.92 Å². The van der Waals surface area contributed by atoms with Gasteiger partial charge in [0.05, 0.1) is 6.61 Å². The fourth-order valence-electron chi connectivity index (χ4n) is 3.57. The molecule has 110 valence electrons. The summed E-state index contributed by atoms with van der Waals surface area (Å²) >= 11 is 0. The summed E-state index contributed by atoms with van der Waals surface area (Å²) in [5.41, 5.74) is 1.44. The summed E-state index contributed by atoms with van der Waals surface area (Å²) in [5.74, 6) is 2.80. The van der Waals surface area contributed by atoms with Crippen LogP contribution in [-0.4, -0.2) is 19.2 Å². The van der Waals surface area contributed by atoms with Crippen molar-refractivity contribution in [1.82, 2.24) is 5.32 Å². The number of fused-ring (bicyclic) bond motifs is 1. The van der Waals surface area contributed by atoms with Crippen molar-refractivity contribution in [3.63, 3.8) is 0 Å². The average molecular weight is 273 g/mol. The van der Waals surface area contributed by atoms with Gasteiger partial charge in [0, 0.05) is 6.04 Å². The minimum atomic E-state index is 0.710. The molecular weight excluding hydrogens is 246 g/mol. The van der Waals surface area contributed by atoms with E-state index in [4.69, 9.17) is 4.74 Å². The Morgan fingerprint density at radius 3 is 2.90 bits per heavy atom. The first-order chi connectivity index (χ1) is 9.88. The van der Waals surface area contributed by atoms with Crippen LogP contribution in [0.4, 0.5) is 0 Å². The van der Waals surface area contributed by atoms with E-state index < -0.39 is 0 Å². The molecule has 1 aliphatic carbocycles. The summed E-state index contributed by atoms with van der Waals surface area (Å²) in [4.78, 5) is 0. The zero-order valence-electron chi connectivity index (χ0n) is 12.6. The average Bonchev–Trinajstić information content (AvgIpc) is 3.31. The van der Waals surface area contributed by atoms with Crippen LogP contribution >= 0.6 is 0 Å². The smallest absolute Gasteiger partial charge is 0.122 e. The van der Waals surface area contributed by atoms with E-state index in [0.717, 1.165) is 30.9 Å². The van der Waals surface area contributed by atoms with Gasteiger partial charge in [0.1, 0.15) is 5.75 Å². The number of para-hydroxylation sites is 1. The van der Waals surface area contributed by atoms with Gasteiger partial charge in [0.15, 0.2) is 0 Å². The molecule has 2 aliphatic rings. The Morgan fingerprint density at radius 2 is 2.10 bits per heavy atom. The Bertz CT molecular complexity index is 427. The topological polar surface area (TPSA) is 21.3 Å². The van der Waals surface area contributed by atoms with E-state index in [1.54, 1.807) is 0 Å². The van der Waals surface area contributed by atoms with Crippen LogP contribution in [0.25, 0.3) is 0 Å². The highest BCUT2D eigenvalue weighted by molar-refractivity contribution is 5.37. The minimum absolute atomic E-state index is 0.710. The van der Waals surface area contributed by atoms with Crippen LogP contribution in [0.5, 0.6) is 5.75 Å². The van der Waals surface area contributed by atoms with Crippen LogP contribution in [0.2, 0.25) is 0 Å². The number of benzene rings is 1. The molecule has 1 heterocycles. The fraction of sp³-hybridized carbons (Fsp3) is 0.667. The SMILES string of the molecule is CCNC(CCCC1CCOc2ccccc21)C1CC1. The van der Waals surface area contributed by atoms with Gasteiger partial charge in [-0.3, -0.25) is 0 Å². The van der Waals surface area contributed by atoms with Crippen LogP contribution in [0.3, 0.4) is 0 Å². The standard InChI is InChI=1S/C18H27NO/c1-2-19-17(15-10-11-15)8-5-6-14-12-13-20-18-9-4-3-7-16(14)18/h3-4,7,9,14-15,17,19H,2,5-6,8,10-13H2,1H3.